The van der Waals surface area contributed by atoms with Gasteiger partial charge in [0.2, 0.25) is 0 Å². The van der Waals surface area contributed by atoms with Crippen molar-refractivity contribution in [2.45, 2.75) is 66.6 Å². The van der Waals surface area contributed by atoms with Gasteiger partial charge in [-0.2, -0.15) is 0 Å². The summed E-state index contributed by atoms with van der Waals surface area (Å²) >= 11 is 0. The van der Waals surface area contributed by atoms with Crippen LogP contribution >= 0.6 is 0 Å². The van der Waals surface area contributed by atoms with Crippen molar-refractivity contribution in [1.82, 2.24) is 0 Å². The number of aliphatic hydroxyl groups is 2. The summed E-state index contributed by atoms with van der Waals surface area (Å²) < 4.78 is 0. The molecular formula is C16H26O2. The maximum Gasteiger partial charge on any atom is 0.0688 e. The molecule has 1 aromatic rings. The number of aliphatic hydroxyl groups excluding tert-OH is 2. The number of hydrogen-bond acceptors (Lipinski definition) is 2. The summed E-state index contributed by atoms with van der Waals surface area (Å²) in [7, 11) is 0. The molecule has 2 N–H and O–H groups in total. The van der Waals surface area contributed by atoms with E-state index >= 15 is 0 Å². The Hall–Kier alpha value is -0.860. The minimum atomic E-state index is 0.0308. The molecule has 0 heterocycles. The highest BCUT2D eigenvalue weighted by atomic mass is 16.3. The van der Waals surface area contributed by atoms with Crippen molar-refractivity contribution in [2.75, 3.05) is 0 Å². The van der Waals surface area contributed by atoms with Gasteiger partial charge in [0.1, 0.15) is 0 Å². The molecule has 0 radical (unpaired) electrons. The largest absolute Gasteiger partial charge is 0.392 e. The van der Waals surface area contributed by atoms with Crippen LogP contribution in [0.2, 0.25) is 0 Å². The average Bonchev–Trinajstić information content (AvgIpc) is 2.43. The molecule has 2 nitrogen and oxygen atoms in total. The molecule has 0 aromatic heterocycles. The quantitative estimate of drug-likeness (QED) is 0.815. The molecule has 0 unspecified atom stereocenters. The standard InChI is InChI=1S/C16H26O2/c1-5-11-12(6-2)14(8-4)16(10-18)15(9-17)13(11)7-3/h17-18H,5-10H2,1-4H3. The van der Waals surface area contributed by atoms with Crippen LogP contribution in [0.4, 0.5) is 0 Å². The van der Waals surface area contributed by atoms with E-state index in [0.717, 1.165) is 36.8 Å². The number of hydrogen-bond donors (Lipinski definition) is 2. The zero-order valence-corrected chi connectivity index (χ0v) is 12.1. The topological polar surface area (TPSA) is 40.5 Å². The van der Waals surface area contributed by atoms with Crippen LogP contribution in [0.1, 0.15) is 61.1 Å². The van der Waals surface area contributed by atoms with E-state index in [0.29, 0.717) is 0 Å². The van der Waals surface area contributed by atoms with Crippen LogP contribution in [-0.2, 0) is 38.9 Å². The van der Waals surface area contributed by atoms with Crippen LogP contribution < -0.4 is 0 Å². The summed E-state index contributed by atoms with van der Waals surface area (Å²) in [4.78, 5) is 0. The molecule has 0 saturated heterocycles. The average molecular weight is 250 g/mol. The lowest BCUT2D eigenvalue weighted by molar-refractivity contribution is 0.257. The van der Waals surface area contributed by atoms with Crippen molar-refractivity contribution in [2.24, 2.45) is 0 Å². The lowest BCUT2D eigenvalue weighted by Crippen LogP contribution is -2.12. The minimum absolute atomic E-state index is 0.0308. The zero-order valence-electron chi connectivity index (χ0n) is 12.1. The van der Waals surface area contributed by atoms with Crippen molar-refractivity contribution in [1.29, 1.82) is 0 Å². The molecule has 0 bridgehead atoms. The number of benzene rings is 1. The second kappa shape index (κ2) is 6.91. The van der Waals surface area contributed by atoms with Gasteiger partial charge in [0, 0.05) is 0 Å². The second-order valence-corrected chi connectivity index (χ2v) is 4.60. The van der Waals surface area contributed by atoms with E-state index in [4.69, 9.17) is 0 Å². The van der Waals surface area contributed by atoms with Gasteiger partial charge in [-0.3, -0.25) is 0 Å². The van der Waals surface area contributed by atoms with Crippen LogP contribution in [0.25, 0.3) is 0 Å². The van der Waals surface area contributed by atoms with Gasteiger partial charge in [0.05, 0.1) is 13.2 Å². The van der Waals surface area contributed by atoms with Gasteiger partial charge in [-0.1, -0.05) is 27.7 Å². The first-order valence-electron chi connectivity index (χ1n) is 7.08. The third-order valence-electron chi connectivity index (χ3n) is 3.92. The van der Waals surface area contributed by atoms with Crippen LogP contribution in [-0.4, -0.2) is 10.2 Å². The van der Waals surface area contributed by atoms with Gasteiger partial charge in [0.15, 0.2) is 0 Å². The molecule has 1 rings (SSSR count). The molecule has 0 spiro atoms. The van der Waals surface area contributed by atoms with Gasteiger partial charge in [-0.25, -0.2) is 0 Å². The molecule has 2 heteroatoms. The fourth-order valence-electron chi connectivity index (χ4n) is 3.18. The van der Waals surface area contributed by atoms with Crippen molar-refractivity contribution >= 4 is 0 Å². The molecular weight excluding hydrogens is 224 g/mol. The summed E-state index contributed by atoms with van der Waals surface area (Å²) in [5, 5.41) is 19.3. The van der Waals surface area contributed by atoms with E-state index in [1.165, 1.54) is 22.3 Å². The Morgan fingerprint density at radius 1 is 0.500 bits per heavy atom. The molecule has 0 aliphatic rings. The van der Waals surface area contributed by atoms with Crippen molar-refractivity contribution < 1.29 is 10.2 Å². The van der Waals surface area contributed by atoms with Crippen molar-refractivity contribution in [3.63, 3.8) is 0 Å². The van der Waals surface area contributed by atoms with Gasteiger partial charge < -0.3 is 10.2 Å². The van der Waals surface area contributed by atoms with Gasteiger partial charge in [-0.15, -0.1) is 0 Å². The molecule has 0 amide bonds. The third-order valence-corrected chi connectivity index (χ3v) is 3.92. The van der Waals surface area contributed by atoms with E-state index in [9.17, 15) is 10.2 Å². The van der Waals surface area contributed by atoms with Crippen LogP contribution in [0.3, 0.4) is 0 Å². The fraction of sp³-hybridized carbons (Fsp3) is 0.625. The highest BCUT2D eigenvalue weighted by Crippen LogP contribution is 2.30. The predicted molar refractivity (Wildman–Crippen MR) is 75.8 cm³/mol. The van der Waals surface area contributed by atoms with E-state index in [1.807, 2.05) is 0 Å². The fourth-order valence-corrected chi connectivity index (χ4v) is 3.18. The molecule has 102 valence electrons. The Morgan fingerprint density at radius 2 is 0.722 bits per heavy atom. The Bertz CT molecular complexity index is 288. The monoisotopic (exact) mass is 250 g/mol. The Labute approximate surface area is 111 Å². The van der Waals surface area contributed by atoms with Crippen LogP contribution in [0.5, 0.6) is 0 Å². The van der Waals surface area contributed by atoms with E-state index < -0.39 is 0 Å². The van der Waals surface area contributed by atoms with E-state index in [-0.39, 0.29) is 13.2 Å². The zero-order chi connectivity index (χ0) is 13.7. The molecule has 0 fully saturated rings. The SMILES string of the molecule is CCc1c(CC)c(CC)c(CO)c(CO)c1CC. The van der Waals surface area contributed by atoms with Gasteiger partial charge in [-0.05, 0) is 59.1 Å². The maximum atomic E-state index is 9.65. The Kier molecular flexibility index (Phi) is 5.83. The van der Waals surface area contributed by atoms with Gasteiger partial charge >= 0.3 is 0 Å². The Morgan fingerprint density at radius 3 is 0.889 bits per heavy atom. The third kappa shape index (κ3) is 2.45. The van der Waals surface area contributed by atoms with Gasteiger partial charge in [0.25, 0.3) is 0 Å². The normalized spacial score (nSPS) is 11.0. The lowest BCUT2D eigenvalue weighted by Gasteiger charge is -2.23. The first-order chi connectivity index (χ1) is 8.69. The highest BCUT2D eigenvalue weighted by molar-refractivity contribution is 5.52. The molecule has 1 aromatic carbocycles. The summed E-state index contributed by atoms with van der Waals surface area (Å²) in [5.74, 6) is 0. The summed E-state index contributed by atoms with van der Waals surface area (Å²) in [5.41, 5.74) is 7.20. The predicted octanol–water partition coefficient (Wildman–Crippen LogP) is 2.92. The van der Waals surface area contributed by atoms with E-state index in [1.54, 1.807) is 0 Å². The summed E-state index contributed by atoms with van der Waals surface area (Å²) in [6, 6.07) is 0. The maximum absolute atomic E-state index is 9.65. The van der Waals surface area contributed by atoms with Crippen LogP contribution in [0, 0.1) is 0 Å². The first kappa shape index (κ1) is 15.2. The second-order valence-electron chi connectivity index (χ2n) is 4.60. The molecule has 0 aliphatic carbocycles. The highest BCUT2D eigenvalue weighted by Gasteiger charge is 2.19. The molecule has 0 saturated carbocycles. The van der Waals surface area contributed by atoms with Crippen molar-refractivity contribution in [3.05, 3.63) is 33.4 Å². The molecule has 0 aliphatic heterocycles. The Balaban J connectivity index is 3.71. The number of rotatable bonds is 6. The van der Waals surface area contributed by atoms with Crippen LogP contribution in [0.15, 0.2) is 0 Å². The molecule has 18 heavy (non-hydrogen) atoms. The lowest BCUT2D eigenvalue weighted by atomic mass is 9.83. The van der Waals surface area contributed by atoms with E-state index in [2.05, 4.69) is 27.7 Å². The van der Waals surface area contributed by atoms with Crippen molar-refractivity contribution in [3.8, 4) is 0 Å². The summed E-state index contributed by atoms with van der Waals surface area (Å²) in [6.07, 6.45) is 3.84. The smallest absolute Gasteiger partial charge is 0.0688 e. The summed E-state index contributed by atoms with van der Waals surface area (Å²) in [6.45, 7) is 8.66. The minimum Gasteiger partial charge on any atom is -0.392 e. The first-order valence-corrected chi connectivity index (χ1v) is 7.08. The molecule has 0 atom stereocenters.